The van der Waals surface area contributed by atoms with Gasteiger partial charge in [0, 0.05) is 11.9 Å². The Labute approximate surface area is 117 Å². The number of aliphatic hydroxyl groups excluding tert-OH is 1. The molecule has 4 N–H and O–H groups in total. The standard InChI is InChI=1S/C13H21N3O2S/c1-8(14)13-16-11(7-19-13)12(18)15-6-9-2-4-10(17)5-3-9/h7-10,17H,2-6,14H2,1H3,(H,15,18). The fourth-order valence-corrected chi connectivity index (χ4v) is 3.04. The topological polar surface area (TPSA) is 88.2 Å². The van der Waals surface area contributed by atoms with Gasteiger partial charge in [-0.15, -0.1) is 11.3 Å². The minimum atomic E-state index is -0.154. The van der Waals surface area contributed by atoms with Crippen molar-refractivity contribution in [3.63, 3.8) is 0 Å². The van der Waals surface area contributed by atoms with E-state index in [9.17, 15) is 9.90 Å². The maximum atomic E-state index is 11.9. The van der Waals surface area contributed by atoms with E-state index in [0.717, 1.165) is 30.7 Å². The molecular formula is C13H21N3O2S. The first kappa shape index (κ1) is 14.4. The number of carbonyl (C=O) groups excluding carboxylic acids is 1. The number of aromatic nitrogens is 1. The lowest BCUT2D eigenvalue weighted by atomic mass is 9.87. The number of carbonyl (C=O) groups is 1. The van der Waals surface area contributed by atoms with Crippen LogP contribution in [-0.4, -0.2) is 28.6 Å². The highest BCUT2D eigenvalue weighted by molar-refractivity contribution is 7.09. The molecule has 1 aliphatic rings. The van der Waals surface area contributed by atoms with Gasteiger partial charge in [-0.05, 0) is 38.5 Å². The van der Waals surface area contributed by atoms with Crippen LogP contribution in [0.5, 0.6) is 0 Å². The number of thiazole rings is 1. The summed E-state index contributed by atoms with van der Waals surface area (Å²) in [7, 11) is 0. The SMILES string of the molecule is CC(N)c1nc(C(=O)NCC2CCC(O)CC2)cs1. The molecule has 1 saturated carbocycles. The van der Waals surface area contributed by atoms with Gasteiger partial charge in [-0.1, -0.05) is 0 Å². The molecule has 19 heavy (non-hydrogen) atoms. The predicted molar refractivity (Wildman–Crippen MR) is 75.0 cm³/mol. The van der Waals surface area contributed by atoms with Crippen molar-refractivity contribution in [1.29, 1.82) is 0 Å². The van der Waals surface area contributed by atoms with Crippen LogP contribution in [0.3, 0.4) is 0 Å². The highest BCUT2D eigenvalue weighted by Crippen LogP contribution is 2.23. The molecule has 1 aromatic heterocycles. The van der Waals surface area contributed by atoms with Crippen molar-refractivity contribution in [2.45, 2.75) is 44.8 Å². The monoisotopic (exact) mass is 283 g/mol. The number of hydrogen-bond acceptors (Lipinski definition) is 5. The summed E-state index contributed by atoms with van der Waals surface area (Å²) in [6.07, 6.45) is 3.48. The van der Waals surface area contributed by atoms with Crippen molar-refractivity contribution in [2.24, 2.45) is 11.7 Å². The number of nitrogens with two attached hydrogens (primary N) is 1. The molecule has 1 aromatic rings. The minimum Gasteiger partial charge on any atom is -0.393 e. The van der Waals surface area contributed by atoms with Crippen LogP contribution in [0.15, 0.2) is 5.38 Å². The minimum absolute atomic E-state index is 0.130. The van der Waals surface area contributed by atoms with Gasteiger partial charge >= 0.3 is 0 Å². The van der Waals surface area contributed by atoms with Crippen LogP contribution in [0.4, 0.5) is 0 Å². The van der Waals surface area contributed by atoms with Crippen LogP contribution in [0.1, 0.15) is 54.1 Å². The molecule has 0 saturated heterocycles. The zero-order valence-corrected chi connectivity index (χ0v) is 11.9. The molecular weight excluding hydrogens is 262 g/mol. The van der Waals surface area contributed by atoms with E-state index in [1.165, 1.54) is 11.3 Å². The highest BCUT2D eigenvalue weighted by atomic mass is 32.1. The van der Waals surface area contributed by atoms with Crippen molar-refractivity contribution in [2.75, 3.05) is 6.54 Å². The number of nitrogens with one attached hydrogen (secondary N) is 1. The van der Waals surface area contributed by atoms with E-state index in [2.05, 4.69) is 10.3 Å². The molecule has 1 fully saturated rings. The zero-order valence-electron chi connectivity index (χ0n) is 11.1. The average molecular weight is 283 g/mol. The molecule has 1 heterocycles. The summed E-state index contributed by atoms with van der Waals surface area (Å²) in [5.41, 5.74) is 6.18. The van der Waals surface area contributed by atoms with Crippen LogP contribution < -0.4 is 11.1 Å². The first-order valence-electron chi connectivity index (χ1n) is 6.73. The van der Waals surface area contributed by atoms with Gasteiger partial charge in [-0.2, -0.15) is 0 Å². The number of aliphatic hydroxyl groups is 1. The number of nitrogens with zero attached hydrogens (tertiary/aromatic N) is 1. The van der Waals surface area contributed by atoms with Crippen LogP contribution in [0.25, 0.3) is 0 Å². The molecule has 2 rings (SSSR count). The molecule has 106 valence electrons. The Bertz CT molecular complexity index is 425. The summed E-state index contributed by atoms with van der Waals surface area (Å²) < 4.78 is 0. The Morgan fingerprint density at radius 2 is 2.26 bits per heavy atom. The summed E-state index contributed by atoms with van der Waals surface area (Å²) >= 11 is 1.42. The molecule has 1 aliphatic carbocycles. The lowest BCUT2D eigenvalue weighted by molar-refractivity contribution is 0.0906. The molecule has 1 atom stereocenters. The van der Waals surface area contributed by atoms with Crippen molar-refractivity contribution < 1.29 is 9.90 Å². The third kappa shape index (κ3) is 3.99. The molecule has 1 unspecified atom stereocenters. The van der Waals surface area contributed by atoms with E-state index in [0.29, 0.717) is 18.2 Å². The average Bonchev–Trinajstić information content (AvgIpc) is 2.87. The molecule has 1 amide bonds. The predicted octanol–water partition coefficient (Wildman–Crippen LogP) is 1.44. The van der Waals surface area contributed by atoms with Gasteiger partial charge in [0.2, 0.25) is 0 Å². The van der Waals surface area contributed by atoms with Gasteiger partial charge in [0.15, 0.2) is 0 Å². The number of rotatable bonds is 4. The molecule has 0 radical (unpaired) electrons. The molecule has 0 aromatic carbocycles. The molecule has 6 heteroatoms. The second kappa shape index (κ2) is 6.45. The third-order valence-electron chi connectivity index (χ3n) is 3.51. The quantitative estimate of drug-likeness (QED) is 0.780. The smallest absolute Gasteiger partial charge is 0.270 e. The Balaban J connectivity index is 1.80. The van der Waals surface area contributed by atoms with Gasteiger partial charge in [-0.3, -0.25) is 4.79 Å². The lowest BCUT2D eigenvalue weighted by Gasteiger charge is -2.25. The highest BCUT2D eigenvalue weighted by Gasteiger charge is 2.20. The summed E-state index contributed by atoms with van der Waals surface area (Å²) in [5.74, 6) is 0.341. The van der Waals surface area contributed by atoms with E-state index in [-0.39, 0.29) is 18.1 Å². The largest absolute Gasteiger partial charge is 0.393 e. The van der Waals surface area contributed by atoms with Gasteiger partial charge in [0.05, 0.1) is 12.1 Å². The maximum absolute atomic E-state index is 11.9. The van der Waals surface area contributed by atoms with Crippen LogP contribution in [0.2, 0.25) is 0 Å². The summed E-state index contributed by atoms with van der Waals surface area (Å²) in [6.45, 7) is 2.52. The van der Waals surface area contributed by atoms with Crippen LogP contribution in [0, 0.1) is 5.92 Å². The first-order valence-corrected chi connectivity index (χ1v) is 7.61. The van der Waals surface area contributed by atoms with Gasteiger partial charge in [0.1, 0.15) is 10.7 Å². The third-order valence-corrected chi connectivity index (χ3v) is 4.56. The fourth-order valence-electron chi connectivity index (χ4n) is 2.28. The first-order chi connectivity index (χ1) is 9.06. The van der Waals surface area contributed by atoms with E-state index < -0.39 is 0 Å². The second-order valence-corrected chi connectivity index (χ2v) is 6.13. The van der Waals surface area contributed by atoms with Crippen molar-refractivity contribution in [1.82, 2.24) is 10.3 Å². The normalized spacial score (nSPS) is 25.0. The number of hydrogen-bond donors (Lipinski definition) is 3. The summed E-state index contributed by atoms with van der Waals surface area (Å²) in [4.78, 5) is 16.2. The Morgan fingerprint density at radius 3 is 2.84 bits per heavy atom. The molecule has 0 spiro atoms. The molecule has 0 bridgehead atoms. The summed E-state index contributed by atoms with van der Waals surface area (Å²) in [6, 6.07) is -0.133. The van der Waals surface area contributed by atoms with Gasteiger partial charge in [0.25, 0.3) is 5.91 Å². The van der Waals surface area contributed by atoms with Crippen LogP contribution in [-0.2, 0) is 0 Å². The van der Waals surface area contributed by atoms with Crippen molar-refractivity contribution in [3.8, 4) is 0 Å². The second-order valence-electron chi connectivity index (χ2n) is 5.24. The lowest BCUT2D eigenvalue weighted by Crippen LogP contribution is -2.32. The zero-order chi connectivity index (χ0) is 13.8. The number of amides is 1. The van der Waals surface area contributed by atoms with Crippen molar-refractivity contribution >= 4 is 17.2 Å². The maximum Gasteiger partial charge on any atom is 0.270 e. The van der Waals surface area contributed by atoms with Crippen molar-refractivity contribution in [3.05, 3.63) is 16.1 Å². The Hall–Kier alpha value is -0.980. The fraction of sp³-hybridized carbons (Fsp3) is 0.692. The molecule has 0 aliphatic heterocycles. The van der Waals surface area contributed by atoms with E-state index in [4.69, 9.17) is 5.73 Å². The van der Waals surface area contributed by atoms with Gasteiger partial charge in [-0.25, -0.2) is 4.98 Å². The summed E-state index contributed by atoms with van der Waals surface area (Å²) in [5, 5.41) is 14.9. The van der Waals surface area contributed by atoms with E-state index in [1.807, 2.05) is 6.92 Å². The van der Waals surface area contributed by atoms with E-state index >= 15 is 0 Å². The Morgan fingerprint density at radius 1 is 1.58 bits per heavy atom. The van der Waals surface area contributed by atoms with E-state index in [1.54, 1.807) is 5.38 Å². The van der Waals surface area contributed by atoms with Gasteiger partial charge < -0.3 is 16.2 Å². The van der Waals surface area contributed by atoms with Crippen LogP contribution >= 0.6 is 11.3 Å². The molecule has 5 nitrogen and oxygen atoms in total. The Kier molecular flexibility index (Phi) is 4.90.